The van der Waals surface area contributed by atoms with Gasteiger partial charge < -0.3 is 4.57 Å². The highest BCUT2D eigenvalue weighted by Crippen LogP contribution is 2.14. The minimum absolute atomic E-state index is 0.846. The van der Waals surface area contributed by atoms with Crippen LogP contribution >= 0.6 is 0 Å². The number of aromatic nitrogens is 4. The van der Waals surface area contributed by atoms with E-state index >= 15 is 0 Å². The highest BCUT2D eigenvalue weighted by atomic mass is 15.4. The van der Waals surface area contributed by atoms with Crippen LogP contribution in [0.3, 0.4) is 0 Å². The second-order valence-electron chi connectivity index (χ2n) is 3.73. The summed E-state index contributed by atoms with van der Waals surface area (Å²) in [5.41, 5.74) is 1.27. The monoisotopic (exact) mass is 212 g/mol. The molecule has 80 valence electrons. The topological polar surface area (TPSA) is 35.6 Å². The van der Waals surface area contributed by atoms with Gasteiger partial charge in [-0.2, -0.15) is 0 Å². The Morgan fingerprint density at radius 1 is 1.00 bits per heavy atom. The summed E-state index contributed by atoms with van der Waals surface area (Å²) in [5, 5.41) is 9.02. The van der Waals surface area contributed by atoms with Gasteiger partial charge >= 0.3 is 0 Å². The Labute approximate surface area is 93.1 Å². The zero-order valence-electron chi connectivity index (χ0n) is 8.82. The number of hydrogen-bond acceptors (Lipinski definition) is 2. The Hall–Kier alpha value is -2.10. The van der Waals surface area contributed by atoms with Crippen LogP contribution in [-0.4, -0.2) is 19.6 Å². The number of benzene rings is 1. The van der Waals surface area contributed by atoms with Crippen LogP contribution in [0, 0.1) is 0 Å². The summed E-state index contributed by atoms with van der Waals surface area (Å²) in [6, 6.07) is 10.5. The van der Waals surface area contributed by atoms with E-state index in [0.717, 1.165) is 13.1 Å². The standard InChI is InChI=1S/C12H12N4/c1-2-4-12-11(3-1)5-7-15(12)9-10-16-8-6-13-14-16/h1-8H,9-10H2. The molecule has 0 saturated heterocycles. The molecule has 0 atom stereocenters. The Bertz CT molecular complexity index is 580. The van der Waals surface area contributed by atoms with E-state index in [1.165, 1.54) is 10.9 Å². The van der Waals surface area contributed by atoms with Crippen LogP contribution in [-0.2, 0) is 13.1 Å². The molecule has 0 saturated carbocycles. The third-order valence-electron chi connectivity index (χ3n) is 2.72. The normalized spacial score (nSPS) is 11.0. The Morgan fingerprint density at radius 2 is 1.94 bits per heavy atom. The number of nitrogens with zero attached hydrogens (tertiary/aromatic N) is 4. The number of aryl methyl sites for hydroxylation is 2. The van der Waals surface area contributed by atoms with E-state index in [9.17, 15) is 0 Å². The molecule has 3 aromatic rings. The van der Waals surface area contributed by atoms with Crippen LogP contribution < -0.4 is 0 Å². The first-order valence-electron chi connectivity index (χ1n) is 5.31. The van der Waals surface area contributed by atoms with E-state index in [2.05, 4.69) is 51.4 Å². The van der Waals surface area contributed by atoms with Gasteiger partial charge in [-0.3, -0.25) is 4.68 Å². The van der Waals surface area contributed by atoms with Crippen LogP contribution in [0.25, 0.3) is 10.9 Å². The lowest BCUT2D eigenvalue weighted by molar-refractivity contribution is 0.527. The second kappa shape index (κ2) is 3.81. The van der Waals surface area contributed by atoms with Gasteiger partial charge in [-0.1, -0.05) is 23.4 Å². The van der Waals surface area contributed by atoms with Crippen LogP contribution in [0.5, 0.6) is 0 Å². The van der Waals surface area contributed by atoms with Crippen LogP contribution in [0.1, 0.15) is 0 Å². The highest BCUT2D eigenvalue weighted by molar-refractivity contribution is 5.79. The minimum Gasteiger partial charge on any atom is -0.346 e. The van der Waals surface area contributed by atoms with E-state index in [-0.39, 0.29) is 0 Å². The van der Waals surface area contributed by atoms with Gasteiger partial charge in [0.05, 0.1) is 12.7 Å². The zero-order valence-corrected chi connectivity index (χ0v) is 8.82. The average molecular weight is 212 g/mol. The fourth-order valence-corrected chi connectivity index (χ4v) is 1.90. The first kappa shape index (κ1) is 9.15. The van der Waals surface area contributed by atoms with Crippen LogP contribution in [0.2, 0.25) is 0 Å². The smallest absolute Gasteiger partial charge is 0.0692 e. The summed E-state index contributed by atoms with van der Waals surface area (Å²) < 4.78 is 4.08. The molecule has 0 radical (unpaired) electrons. The van der Waals surface area contributed by atoms with Crippen molar-refractivity contribution in [2.75, 3.05) is 0 Å². The van der Waals surface area contributed by atoms with Crippen molar-refractivity contribution in [2.24, 2.45) is 0 Å². The predicted molar refractivity (Wildman–Crippen MR) is 62.0 cm³/mol. The van der Waals surface area contributed by atoms with Crippen molar-refractivity contribution in [3.8, 4) is 0 Å². The van der Waals surface area contributed by atoms with Crippen molar-refractivity contribution >= 4 is 10.9 Å². The van der Waals surface area contributed by atoms with Crippen molar-refractivity contribution in [3.63, 3.8) is 0 Å². The molecule has 0 aliphatic rings. The van der Waals surface area contributed by atoms with Gasteiger partial charge in [-0.05, 0) is 17.5 Å². The fraction of sp³-hybridized carbons (Fsp3) is 0.167. The molecular weight excluding hydrogens is 200 g/mol. The maximum Gasteiger partial charge on any atom is 0.0692 e. The molecule has 0 amide bonds. The Balaban J connectivity index is 1.84. The molecule has 0 bridgehead atoms. The first-order chi connectivity index (χ1) is 7.93. The fourth-order valence-electron chi connectivity index (χ4n) is 1.90. The largest absolute Gasteiger partial charge is 0.346 e. The molecule has 4 heteroatoms. The molecule has 0 fully saturated rings. The van der Waals surface area contributed by atoms with Crippen molar-refractivity contribution in [3.05, 3.63) is 48.9 Å². The average Bonchev–Trinajstić information content (AvgIpc) is 2.96. The lowest BCUT2D eigenvalue weighted by atomic mass is 10.2. The van der Waals surface area contributed by atoms with Gasteiger partial charge in [0.15, 0.2) is 0 Å². The Morgan fingerprint density at radius 3 is 2.81 bits per heavy atom. The van der Waals surface area contributed by atoms with Crippen molar-refractivity contribution in [1.29, 1.82) is 0 Å². The lowest BCUT2D eigenvalue weighted by Crippen LogP contribution is -2.06. The summed E-state index contributed by atoms with van der Waals surface area (Å²) in [6.45, 7) is 1.76. The van der Waals surface area contributed by atoms with Gasteiger partial charge in [0.1, 0.15) is 0 Å². The summed E-state index contributed by atoms with van der Waals surface area (Å²) in [6.07, 6.45) is 5.70. The first-order valence-corrected chi connectivity index (χ1v) is 5.31. The molecule has 0 N–H and O–H groups in total. The molecule has 4 nitrogen and oxygen atoms in total. The molecular formula is C12H12N4. The number of rotatable bonds is 3. The Kier molecular flexibility index (Phi) is 2.18. The van der Waals surface area contributed by atoms with Gasteiger partial charge in [0, 0.05) is 24.5 Å². The highest BCUT2D eigenvalue weighted by Gasteiger charge is 1.99. The van der Waals surface area contributed by atoms with Crippen LogP contribution in [0.4, 0.5) is 0 Å². The third kappa shape index (κ3) is 1.58. The number of para-hydroxylation sites is 1. The van der Waals surface area contributed by atoms with E-state index in [0.29, 0.717) is 0 Å². The molecule has 2 aromatic heterocycles. The minimum atomic E-state index is 0.846. The third-order valence-corrected chi connectivity index (χ3v) is 2.72. The van der Waals surface area contributed by atoms with E-state index in [1.807, 2.05) is 10.9 Å². The summed E-state index contributed by atoms with van der Waals surface area (Å²) in [4.78, 5) is 0. The van der Waals surface area contributed by atoms with Gasteiger partial charge in [0.2, 0.25) is 0 Å². The molecule has 0 unspecified atom stereocenters. The van der Waals surface area contributed by atoms with Gasteiger partial charge in [0.25, 0.3) is 0 Å². The SMILES string of the molecule is c1ccc2c(c1)ccn2CCn1ccnn1. The summed E-state index contributed by atoms with van der Waals surface area (Å²) >= 11 is 0. The predicted octanol–water partition coefficient (Wildman–Crippen LogP) is 1.93. The summed E-state index contributed by atoms with van der Waals surface area (Å²) in [5.74, 6) is 0. The molecule has 1 aromatic carbocycles. The second-order valence-corrected chi connectivity index (χ2v) is 3.73. The summed E-state index contributed by atoms with van der Waals surface area (Å²) in [7, 11) is 0. The molecule has 0 spiro atoms. The van der Waals surface area contributed by atoms with E-state index in [1.54, 1.807) is 6.20 Å². The zero-order chi connectivity index (χ0) is 10.8. The number of hydrogen-bond donors (Lipinski definition) is 0. The van der Waals surface area contributed by atoms with E-state index in [4.69, 9.17) is 0 Å². The lowest BCUT2D eigenvalue weighted by Gasteiger charge is -2.04. The van der Waals surface area contributed by atoms with Gasteiger partial charge in [-0.25, -0.2) is 0 Å². The van der Waals surface area contributed by atoms with E-state index < -0.39 is 0 Å². The number of fused-ring (bicyclic) bond motifs is 1. The molecule has 2 heterocycles. The van der Waals surface area contributed by atoms with Crippen molar-refractivity contribution < 1.29 is 0 Å². The van der Waals surface area contributed by atoms with Gasteiger partial charge in [-0.15, -0.1) is 5.10 Å². The molecule has 16 heavy (non-hydrogen) atoms. The maximum absolute atomic E-state index is 3.95. The molecule has 0 aliphatic heterocycles. The molecule has 3 rings (SSSR count). The quantitative estimate of drug-likeness (QED) is 0.665. The van der Waals surface area contributed by atoms with Crippen molar-refractivity contribution in [1.82, 2.24) is 19.6 Å². The van der Waals surface area contributed by atoms with Crippen molar-refractivity contribution in [2.45, 2.75) is 13.1 Å². The van der Waals surface area contributed by atoms with Crippen LogP contribution in [0.15, 0.2) is 48.9 Å². The molecule has 0 aliphatic carbocycles. The maximum atomic E-state index is 3.95.